The van der Waals surface area contributed by atoms with Crippen LogP contribution in [-0.2, 0) is 0 Å². The average Bonchev–Trinajstić information content (AvgIpc) is 3.05. The fraction of sp³-hybridized carbons (Fsp3) is 0.882. The molecule has 0 spiro atoms. The highest BCUT2D eigenvalue weighted by atomic mass is 16.5. The van der Waals surface area contributed by atoms with Crippen molar-refractivity contribution >= 4 is 0 Å². The van der Waals surface area contributed by atoms with Gasteiger partial charge in [-0.3, -0.25) is 0 Å². The number of nitrogens with zero attached hydrogens (tertiary/aromatic N) is 2. The molecular weight excluding hydrogens is 262 g/mol. The lowest BCUT2D eigenvalue weighted by Gasteiger charge is -2.26. The Bertz CT molecular complexity index is 390. The summed E-state index contributed by atoms with van der Waals surface area (Å²) in [5, 5.41) is 4.29. The Kier molecular flexibility index (Phi) is 4.94. The van der Waals surface area contributed by atoms with Gasteiger partial charge in [0.1, 0.15) is 0 Å². The molecule has 2 aliphatic rings. The lowest BCUT2D eigenvalue weighted by molar-refractivity contribution is 0.271. The lowest BCUT2D eigenvalue weighted by Crippen LogP contribution is -2.20. The van der Waals surface area contributed by atoms with Gasteiger partial charge in [0.2, 0.25) is 5.89 Å². The number of rotatable bonds is 4. The summed E-state index contributed by atoms with van der Waals surface area (Å²) < 4.78 is 5.59. The molecule has 0 aromatic carbocycles. The summed E-state index contributed by atoms with van der Waals surface area (Å²) in [6.07, 6.45) is 11.2. The first-order chi connectivity index (χ1) is 10.3. The molecule has 0 atom stereocenters. The van der Waals surface area contributed by atoms with Crippen molar-refractivity contribution in [3.8, 4) is 0 Å². The van der Waals surface area contributed by atoms with E-state index in [1.165, 1.54) is 44.9 Å². The van der Waals surface area contributed by atoms with E-state index in [-0.39, 0.29) is 0 Å². The maximum Gasteiger partial charge on any atom is 0.229 e. The van der Waals surface area contributed by atoms with Gasteiger partial charge in [0.05, 0.1) is 0 Å². The minimum absolute atomic E-state index is 0.473. The summed E-state index contributed by atoms with van der Waals surface area (Å²) in [5.74, 6) is 4.48. The molecule has 0 radical (unpaired) electrons. The normalized spacial score (nSPS) is 34.0. The van der Waals surface area contributed by atoms with E-state index in [0.717, 1.165) is 37.0 Å². The second-order valence-electron chi connectivity index (χ2n) is 7.07. The van der Waals surface area contributed by atoms with Crippen LogP contribution in [0.25, 0.3) is 0 Å². The highest BCUT2D eigenvalue weighted by molar-refractivity contribution is 5.01. The van der Waals surface area contributed by atoms with Crippen LogP contribution in [0, 0.1) is 11.8 Å². The van der Waals surface area contributed by atoms with Gasteiger partial charge in [-0.25, -0.2) is 0 Å². The van der Waals surface area contributed by atoms with E-state index in [0.29, 0.717) is 17.8 Å². The molecule has 3 rings (SSSR count). The zero-order valence-corrected chi connectivity index (χ0v) is 13.3. The van der Waals surface area contributed by atoms with Crippen molar-refractivity contribution in [3.05, 3.63) is 11.7 Å². The van der Waals surface area contributed by atoms with Crippen LogP contribution in [0.15, 0.2) is 4.52 Å². The third-order valence-corrected chi connectivity index (χ3v) is 5.78. The molecule has 2 N–H and O–H groups in total. The number of hydrogen-bond acceptors (Lipinski definition) is 4. The first-order valence-electron chi connectivity index (χ1n) is 8.83. The average molecular weight is 291 g/mol. The fourth-order valence-corrected chi connectivity index (χ4v) is 4.05. The first kappa shape index (κ1) is 15.0. The van der Waals surface area contributed by atoms with Gasteiger partial charge in [0, 0.05) is 11.8 Å². The molecule has 1 aromatic heterocycles. The molecule has 1 aromatic rings. The van der Waals surface area contributed by atoms with Gasteiger partial charge in [-0.05, 0) is 69.7 Å². The molecule has 0 saturated heterocycles. The fourth-order valence-electron chi connectivity index (χ4n) is 4.05. The standard InChI is InChI=1S/C17H29N3O/c1-2-12-3-7-14(8-4-12)16-19-17(21-20-16)15-9-5-13(11-18)6-10-15/h12-15H,2-11,18H2,1H3. The molecule has 0 amide bonds. The molecule has 0 aliphatic heterocycles. The highest BCUT2D eigenvalue weighted by Crippen LogP contribution is 2.38. The second-order valence-corrected chi connectivity index (χ2v) is 7.07. The molecule has 118 valence electrons. The van der Waals surface area contributed by atoms with Crippen LogP contribution in [0.2, 0.25) is 0 Å². The Morgan fingerprint density at radius 2 is 1.57 bits per heavy atom. The van der Waals surface area contributed by atoms with Gasteiger partial charge in [-0.1, -0.05) is 18.5 Å². The zero-order valence-electron chi connectivity index (χ0n) is 13.3. The van der Waals surface area contributed by atoms with Crippen LogP contribution in [0.5, 0.6) is 0 Å². The Hall–Kier alpha value is -0.900. The van der Waals surface area contributed by atoms with Gasteiger partial charge in [-0.15, -0.1) is 0 Å². The van der Waals surface area contributed by atoms with Crippen molar-refractivity contribution in [1.29, 1.82) is 0 Å². The van der Waals surface area contributed by atoms with Crippen molar-refractivity contribution in [2.75, 3.05) is 6.54 Å². The molecule has 4 heteroatoms. The second kappa shape index (κ2) is 6.91. The van der Waals surface area contributed by atoms with E-state index in [4.69, 9.17) is 15.2 Å². The van der Waals surface area contributed by atoms with E-state index < -0.39 is 0 Å². The predicted octanol–water partition coefficient (Wildman–Crippen LogP) is 3.99. The van der Waals surface area contributed by atoms with Crippen molar-refractivity contribution in [2.24, 2.45) is 17.6 Å². The van der Waals surface area contributed by atoms with Crippen molar-refractivity contribution in [2.45, 2.75) is 76.5 Å². The van der Waals surface area contributed by atoms with Crippen molar-refractivity contribution in [3.63, 3.8) is 0 Å². The molecular formula is C17H29N3O. The van der Waals surface area contributed by atoms with Crippen LogP contribution >= 0.6 is 0 Å². The van der Waals surface area contributed by atoms with E-state index in [1.54, 1.807) is 0 Å². The Morgan fingerprint density at radius 1 is 0.952 bits per heavy atom. The molecule has 2 aliphatic carbocycles. The minimum atomic E-state index is 0.473. The van der Waals surface area contributed by atoms with Gasteiger partial charge in [0.25, 0.3) is 0 Å². The Balaban J connectivity index is 1.57. The monoisotopic (exact) mass is 291 g/mol. The van der Waals surface area contributed by atoms with Crippen LogP contribution in [0.1, 0.15) is 88.3 Å². The van der Waals surface area contributed by atoms with Gasteiger partial charge >= 0.3 is 0 Å². The largest absolute Gasteiger partial charge is 0.339 e. The predicted molar refractivity (Wildman–Crippen MR) is 83.0 cm³/mol. The van der Waals surface area contributed by atoms with Crippen LogP contribution in [-0.4, -0.2) is 16.7 Å². The Morgan fingerprint density at radius 3 is 2.19 bits per heavy atom. The van der Waals surface area contributed by atoms with Crippen molar-refractivity contribution in [1.82, 2.24) is 10.1 Å². The number of aromatic nitrogens is 2. The summed E-state index contributed by atoms with van der Waals surface area (Å²) in [6, 6.07) is 0. The molecule has 21 heavy (non-hydrogen) atoms. The maximum absolute atomic E-state index is 5.76. The van der Waals surface area contributed by atoms with E-state index in [9.17, 15) is 0 Å². The van der Waals surface area contributed by atoms with E-state index >= 15 is 0 Å². The lowest BCUT2D eigenvalue weighted by atomic mass is 9.80. The third-order valence-electron chi connectivity index (χ3n) is 5.78. The SMILES string of the molecule is CCC1CCC(c2noc(C3CCC(CN)CC3)n2)CC1. The Labute approximate surface area is 127 Å². The van der Waals surface area contributed by atoms with E-state index in [1.807, 2.05) is 0 Å². The summed E-state index contributed by atoms with van der Waals surface area (Å²) in [7, 11) is 0. The topological polar surface area (TPSA) is 64.9 Å². The molecule has 2 saturated carbocycles. The minimum Gasteiger partial charge on any atom is -0.339 e. The smallest absolute Gasteiger partial charge is 0.229 e. The van der Waals surface area contributed by atoms with E-state index in [2.05, 4.69) is 12.1 Å². The molecule has 4 nitrogen and oxygen atoms in total. The summed E-state index contributed by atoms with van der Waals surface area (Å²) in [5.41, 5.74) is 5.76. The summed E-state index contributed by atoms with van der Waals surface area (Å²) in [6.45, 7) is 3.12. The molecule has 0 unspecified atom stereocenters. The summed E-state index contributed by atoms with van der Waals surface area (Å²) >= 11 is 0. The van der Waals surface area contributed by atoms with Gasteiger partial charge < -0.3 is 10.3 Å². The zero-order chi connectivity index (χ0) is 14.7. The summed E-state index contributed by atoms with van der Waals surface area (Å²) in [4.78, 5) is 4.75. The quantitative estimate of drug-likeness (QED) is 0.911. The molecule has 2 fully saturated rings. The number of nitrogens with two attached hydrogens (primary N) is 1. The first-order valence-corrected chi connectivity index (χ1v) is 8.83. The maximum atomic E-state index is 5.76. The molecule has 0 bridgehead atoms. The van der Waals surface area contributed by atoms with Crippen molar-refractivity contribution < 1.29 is 4.52 Å². The molecule has 1 heterocycles. The van der Waals surface area contributed by atoms with Crippen LogP contribution in [0.3, 0.4) is 0 Å². The number of hydrogen-bond donors (Lipinski definition) is 1. The highest BCUT2D eigenvalue weighted by Gasteiger charge is 2.29. The van der Waals surface area contributed by atoms with Crippen LogP contribution < -0.4 is 5.73 Å². The van der Waals surface area contributed by atoms with Gasteiger partial charge in [-0.2, -0.15) is 4.98 Å². The van der Waals surface area contributed by atoms with Gasteiger partial charge in [0.15, 0.2) is 5.82 Å². The van der Waals surface area contributed by atoms with Crippen LogP contribution in [0.4, 0.5) is 0 Å². The third kappa shape index (κ3) is 3.47.